The fraction of sp³-hybridized carbons (Fsp3) is 0.111. The van der Waals surface area contributed by atoms with Gasteiger partial charge in [-0.25, -0.2) is 9.97 Å². The molecule has 0 atom stereocenters. The van der Waals surface area contributed by atoms with Gasteiger partial charge in [-0.2, -0.15) is 0 Å². The van der Waals surface area contributed by atoms with E-state index < -0.39 is 0 Å². The van der Waals surface area contributed by atoms with Crippen molar-refractivity contribution in [3.8, 4) is 5.75 Å². The normalized spacial score (nSPS) is 10.4. The van der Waals surface area contributed by atoms with Crippen molar-refractivity contribution in [1.29, 1.82) is 0 Å². The number of nitrogens with one attached hydrogen (secondary N) is 2. The summed E-state index contributed by atoms with van der Waals surface area (Å²) in [6.07, 6.45) is 1.42. The number of benzene rings is 2. The summed E-state index contributed by atoms with van der Waals surface area (Å²) in [6, 6.07) is 12.6. The van der Waals surface area contributed by atoms with Gasteiger partial charge in [-0.3, -0.25) is 0 Å². The zero-order valence-corrected chi connectivity index (χ0v) is 15.5. The lowest BCUT2D eigenvalue weighted by Gasteiger charge is -2.13. The zero-order valence-electron chi connectivity index (χ0n) is 14.0. The van der Waals surface area contributed by atoms with E-state index in [1.807, 2.05) is 31.2 Å². The molecular formula is C18H17Cl2N5O. The quantitative estimate of drug-likeness (QED) is 0.533. The van der Waals surface area contributed by atoms with Gasteiger partial charge in [0, 0.05) is 10.7 Å². The number of rotatable bonds is 6. The summed E-state index contributed by atoms with van der Waals surface area (Å²) in [5.74, 6) is 1.72. The van der Waals surface area contributed by atoms with E-state index in [-0.39, 0.29) is 0 Å². The lowest BCUT2D eigenvalue weighted by atomic mass is 10.3. The van der Waals surface area contributed by atoms with Gasteiger partial charge < -0.3 is 21.1 Å². The third-order valence-corrected chi connectivity index (χ3v) is 4.04. The number of nitrogens with two attached hydrogens (primary N) is 1. The summed E-state index contributed by atoms with van der Waals surface area (Å²) in [5, 5.41) is 7.28. The van der Waals surface area contributed by atoms with Crippen molar-refractivity contribution < 1.29 is 4.74 Å². The highest BCUT2D eigenvalue weighted by Gasteiger charge is 2.10. The van der Waals surface area contributed by atoms with E-state index in [9.17, 15) is 0 Å². The Morgan fingerprint density at radius 3 is 2.35 bits per heavy atom. The maximum Gasteiger partial charge on any atom is 0.159 e. The Hall–Kier alpha value is -2.70. The van der Waals surface area contributed by atoms with Crippen LogP contribution in [0.1, 0.15) is 6.92 Å². The summed E-state index contributed by atoms with van der Waals surface area (Å²) in [4.78, 5) is 8.38. The minimum atomic E-state index is 0.368. The number of halogens is 2. The molecule has 0 radical (unpaired) electrons. The van der Waals surface area contributed by atoms with Gasteiger partial charge in [0.25, 0.3) is 0 Å². The molecule has 0 unspecified atom stereocenters. The first-order chi connectivity index (χ1) is 12.6. The molecule has 8 heteroatoms. The van der Waals surface area contributed by atoms with Gasteiger partial charge in [0.15, 0.2) is 11.6 Å². The Labute approximate surface area is 161 Å². The number of nitrogens with zero attached hydrogens (tertiary/aromatic N) is 2. The highest BCUT2D eigenvalue weighted by molar-refractivity contribution is 6.36. The van der Waals surface area contributed by atoms with Gasteiger partial charge in [-0.15, -0.1) is 0 Å². The zero-order chi connectivity index (χ0) is 18.5. The lowest BCUT2D eigenvalue weighted by Crippen LogP contribution is -2.05. The number of nitrogen functional groups attached to an aromatic ring is 1. The van der Waals surface area contributed by atoms with Gasteiger partial charge >= 0.3 is 0 Å². The first kappa shape index (κ1) is 18.1. The summed E-state index contributed by atoms with van der Waals surface area (Å²) in [7, 11) is 0. The predicted octanol–water partition coefficient (Wildman–Crippen LogP) is 5.25. The van der Waals surface area contributed by atoms with Gasteiger partial charge in [-0.05, 0) is 49.4 Å². The molecule has 0 saturated carbocycles. The summed E-state index contributed by atoms with van der Waals surface area (Å²) in [5.41, 5.74) is 8.04. The predicted molar refractivity (Wildman–Crippen MR) is 107 cm³/mol. The van der Waals surface area contributed by atoms with Crippen LogP contribution in [0, 0.1) is 0 Å². The number of anilines is 5. The maximum atomic E-state index is 6.19. The smallest absolute Gasteiger partial charge is 0.159 e. The van der Waals surface area contributed by atoms with Crippen LogP contribution in [0.2, 0.25) is 10.0 Å². The van der Waals surface area contributed by atoms with Crippen molar-refractivity contribution in [2.24, 2.45) is 0 Å². The van der Waals surface area contributed by atoms with Crippen LogP contribution in [-0.4, -0.2) is 16.6 Å². The van der Waals surface area contributed by atoms with Gasteiger partial charge in [0.2, 0.25) is 0 Å². The largest absolute Gasteiger partial charge is 0.494 e. The van der Waals surface area contributed by atoms with E-state index in [0.717, 1.165) is 11.4 Å². The standard InChI is InChI=1S/C18H17Cl2N5O/c1-2-26-13-6-4-12(5-7-13)24-17-16(21)18(23-10-22-17)25-15-8-3-11(19)9-14(15)20/h3-10H,2,21H2,1H3,(H2,22,23,24,25). The number of hydrogen-bond acceptors (Lipinski definition) is 6. The molecule has 0 aliphatic carbocycles. The molecule has 3 aromatic rings. The van der Waals surface area contributed by atoms with Crippen molar-refractivity contribution in [1.82, 2.24) is 9.97 Å². The summed E-state index contributed by atoms with van der Waals surface area (Å²) < 4.78 is 5.43. The second-order valence-corrected chi connectivity index (χ2v) is 6.16. The summed E-state index contributed by atoms with van der Waals surface area (Å²) in [6.45, 7) is 2.56. The Morgan fingerprint density at radius 1 is 1.00 bits per heavy atom. The van der Waals surface area contributed by atoms with Gasteiger partial charge in [-0.1, -0.05) is 23.2 Å². The molecular weight excluding hydrogens is 373 g/mol. The SMILES string of the molecule is CCOc1ccc(Nc2ncnc(Nc3ccc(Cl)cc3Cl)c2N)cc1. The second kappa shape index (κ2) is 8.12. The Balaban J connectivity index is 1.80. The molecule has 0 saturated heterocycles. The van der Waals surface area contributed by atoms with Crippen LogP contribution in [0.3, 0.4) is 0 Å². The Morgan fingerprint density at radius 2 is 1.69 bits per heavy atom. The van der Waals surface area contributed by atoms with Gasteiger partial charge in [0.1, 0.15) is 17.8 Å². The van der Waals surface area contributed by atoms with Crippen LogP contribution in [0.5, 0.6) is 5.75 Å². The van der Waals surface area contributed by atoms with Crippen molar-refractivity contribution in [2.75, 3.05) is 23.0 Å². The van der Waals surface area contributed by atoms with E-state index in [4.69, 9.17) is 33.7 Å². The maximum absolute atomic E-state index is 6.19. The van der Waals surface area contributed by atoms with Crippen molar-refractivity contribution >= 4 is 51.9 Å². The van der Waals surface area contributed by atoms with Crippen LogP contribution >= 0.6 is 23.2 Å². The molecule has 4 N–H and O–H groups in total. The molecule has 0 bridgehead atoms. The number of ether oxygens (including phenoxy) is 1. The van der Waals surface area contributed by atoms with E-state index in [1.165, 1.54) is 6.33 Å². The van der Waals surface area contributed by atoms with Crippen molar-refractivity contribution in [3.05, 3.63) is 58.8 Å². The van der Waals surface area contributed by atoms with Crippen molar-refractivity contribution in [2.45, 2.75) is 6.92 Å². The fourth-order valence-corrected chi connectivity index (χ4v) is 2.71. The molecule has 1 aromatic heterocycles. The fourth-order valence-electron chi connectivity index (χ4n) is 2.25. The third-order valence-electron chi connectivity index (χ3n) is 3.50. The van der Waals surface area contributed by atoms with Crippen LogP contribution in [-0.2, 0) is 0 Å². The number of hydrogen-bond donors (Lipinski definition) is 3. The molecule has 0 fully saturated rings. The second-order valence-electron chi connectivity index (χ2n) is 5.32. The molecule has 0 aliphatic rings. The van der Waals surface area contributed by atoms with E-state index in [0.29, 0.717) is 39.7 Å². The molecule has 134 valence electrons. The minimum absolute atomic E-state index is 0.368. The average Bonchev–Trinajstić information content (AvgIpc) is 2.62. The van der Waals surface area contributed by atoms with Crippen molar-refractivity contribution in [3.63, 3.8) is 0 Å². The van der Waals surface area contributed by atoms with Crippen LogP contribution in [0.25, 0.3) is 0 Å². The monoisotopic (exact) mass is 389 g/mol. The molecule has 0 aliphatic heterocycles. The molecule has 1 heterocycles. The first-order valence-corrected chi connectivity index (χ1v) is 8.65. The number of aromatic nitrogens is 2. The lowest BCUT2D eigenvalue weighted by molar-refractivity contribution is 0.340. The summed E-state index contributed by atoms with van der Waals surface area (Å²) >= 11 is 12.1. The van der Waals surface area contributed by atoms with E-state index in [2.05, 4.69) is 20.6 Å². The third kappa shape index (κ3) is 4.28. The topological polar surface area (TPSA) is 85.1 Å². The first-order valence-electron chi connectivity index (χ1n) is 7.89. The van der Waals surface area contributed by atoms with Crippen LogP contribution < -0.4 is 21.1 Å². The highest BCUT2D eigenvalue weighted by atomic mass is 35.5. The molecule has 0 spiro atoms. The average molecular weight is 390 g/mol. The van der Waals surface area contributed by atoms with Crippen LogP contribution in [0.4, 0.5) is 28.7 Å². The Bertz CT molecular complexity index is 903. The molecule has 3 rings (SSSR count). The van der Waals surface area contributed by atoms with Gasteiger partial charge in [0.05, 0.1) is 17.3 Å². The molecule has 6 nitrogen and oxygen atoms in total. The van der Waals surface area contributed by atoms with E-state index >= 15 is 0 Å². The molecule has 2 aromatic carbocycles. The highest BCUT2D eigenvalue weighted by Crippen LogP contribution is 2.32. The minimum Gasteiger partial charge on any atom is -0.494 e. The van der Waals surface area contributed by atoms with Crippen LogP contribution in [0.15, 0.2) is 48.8 Å². The Kier molecular flexibility index (Phi) is 5.65. The molecule has 0 amide bonds. The molecule has 26 heavy (non-hydrogen) atoms. The van der Waals surface area contributed by atoms with E-state index in [1.54, 1.807) is 18.2 Å².